The van der Waals surface area contributed by atoms with Crippen LogP contribution in [0.5, 0.6) is 0 Å². The highest BCUT2D eigenvalue weighted by molar-refractivity contribution is 9.09. The van der Waals surface area contributed by atoms with Crippen molar-refractivity contribution < 1.29 is 0 Å². The van der Waals surface area contributed by atoms with Gasteiger partial charge in [0.2, 0.25) is 0 Å². The van der Waals surface area contributed by atoms with Crippen molar-refractivity contribution in [2.24, 2.45) is 7.05 Å². The Morgan fingerprint density at radius 1 is 1.35 bits per heavy atom. The van der Waals surface area contributed by atoms with Crippen molar-refractivity contribution >= 4 is 15.9 Å². The predicted molar refractivity (Wildman–Crippen MR) is 76.6 cm³/mol. The fourth-order valence-corrected chi connectivity index (χ4v) is 2.75. The van der Waals surface area contributed by atoms with Gasteiger partial charge in [0.15, 0.2) is 0 Å². The second-order valence-corrected chi connectivity index (χ2v) is 5.18. The van der Waals surface area contributed by atoms with E-state index in [2.05, 4.69) is 45.8 Å². The topological polar surface area (TPSA) is 21.1 Å². The molecular formula is C13H24BrN3. The first-order chi connectivity index (χ1) is 8.22. The molecule has 0 amide bonds. The lowest BCUT2D eigenvalue weighted by molar-refractivity contribution is 0.199. The molecule has 1 rings (SSSR count). The number of hydrogen-bond acceptors (Lipinski definition) is 2. The lowest BCUT2D eigenvalue weighted by Crippen LogP contribution is -2.37. The normalized spacial score (nSPS) is 11.6. The van der Waals surface area contributed by atoms with Crippen LogP contribution in [-0.2, 0) is 13.5 Å². The molecule has 0 radical (unpaired) electrons. The van der Waals surface area contributed by atoms with E-state index >= 15 is 0 Å². The van der Waals surface area contributed by atoms with Crippen molar-refractivity contribution in [2.75, 3.05) is 18.4 Å². The molecule has 0 aliphatic rings. The first-order valence-electron chi connectivity index (χ1n) is 6.49. The highest BCUT2D eigenvalue weighted by Crippen LogP contribution is 2.10. The number of halogens is 1. The molecule has 0 fully saturated rings. The summed E-state index contributed by atoms with van der Waals surface area (Å²) < 4.78 is 1.97. The molecular weight excluding hydrogens is 278 g/mol. The zero-order valence-electron chi connectivity index (χ0n) is 11.2. The zero-order chi connectivity index (χ0) is 12.7. The summed E-state index contributed by atoms with van der Waals surface area (Å²) >= 11 is 3.55. The largest absolute Gasteiger partial charge is 0.299 e. The first kappa shape index (κ1) is 14.7. The van der Waals surface area contributed by atoms with Crippen molar-refractivity contribution in [2.45, 2.75) is 39.2 Å². The second kappa shape index (κ2) is 7.88. The molecule has 0 unspecified atom stereocenters. The molecule has 98 valence electrons. The second-order valence-electron chi connectivity index (χ2n) is 4.39. The summed E-state index contributed by atoms with van der Waals surface area (Å²) in [6, 6.07) is 2.82. The molecule has 0 aliphatic heterocycles. The average Bonchev–Trinajstić information content (AvgIpc) is 2.73. The summed E-state index contributed by atoms with van der Waals surface area (Å²) in [6.45, 7) is 6.81. The molecule has 3 nitrogen and oxygen atoms in total. The maximum atomic E-state index is 4.21. The van der Waals surface area contributed by atoms with Gasteiger partial charge in [-0.3, -0.25) is 9.58 Å². The van der Waals surface area contributed by atoms with Crippen molar-refractivity contribution in [3.8, 4) is 0 Å². The molecule has 0 atom stereocenters. The van der Waals surface area contributed by atoms with Crippen molar-refractivity contribution in [1.82, 2.24) is 14.7 Å². The van der Waals surface area contributed by atoms with Crippen molar-refractivity contribution in [3.05, 3.63) is 18.0 Å². The Morgan fingerprint density at radius 2 is 2.06 bits per heavy atom. The van der Waals surface area contributed by atoms with Crippen LogP contribution in [0.15, 0.2) is 12.3 Å². The van der Waals surface area contributed by atoms with Gasteiger partial charge in [-0.05, 0) is 18.9 Å². The van der Waals surface area contributed by atoms with E-state index in [1.54, 1.807) is 0 Å². The maximum Gasteiger partial charge on any atom is 0.0492 e. The minimum atomic E-state index is 0.709. The first-order valence-corrected chi connectivity index (χ1v) is 7.61. The van der Waals surface area contributed by atoms with E-state index in [-0.39, 0.29) is 0 Å². The molecule has 1 aromatic rings. The van der Waals surface area contributed by atoms with E-state index in [4.69, 9.17) is 0 Å². The fourth-order valence-electron chi connectivity index (χ4n) is 2.30. The van der Waals surface area contributed by atoms with Crippen LogP contribution in [0.25, 0.3) is 0 Å². The summed E-state index contributed by atoms with van der Waals surface area (Å²) in [5, 5.41) is 5.27. The summed E-state index contributed by atoms with van der Waals surface area (Å²) in [6.07, 6.45) is 5.42. The molecule has 1 heterocycles. The Bertz CT molecular complexity index is 307. The zero-order valence-corrected chi connectivity index (χ0v) is 12.8. The van der Waals surface area contributed by atoms with Gasteiger partial charge in [0.05, 0.1) is 0 Å². The molecule has 1 aromatic heterocycles. The van der Waals surface area contributed by atoms with Gasteiger partial charge in [-0.1, -0.05) is 29.8 Å². The number of aromatic nitrogens is 2. The van der Waals surface area contributed by atoms with Gasteiger partial charge in [-0.2, -0.15) is 5.10 Å². The number of aryl methyl sites for hydroxylation is 1. The highest BCUT2D eigenvalue weighted by Gasteiger charge is 2.14. The Hall–Kier alpha value is -0.350. The molecule has 0 aromatic carbocycles. The Kier molecular flexibility index (Phi) is 6.82. The summed E-state index contributed by atoms with van der Waals surface area (Å²) in [5.74, 6) is 0. The Labute approximate surface area is 113 Å². The lowest BCUT2D eigenvalue weighted by atomic mass is 10.1. The minimum absolute atomic E-state index is 0.709. The van der Waals surface area contributed by atoms with Crippen LogP contribution < -0.4 is 0 Å². The monoisotopic (exact) mass is 301 g/mol. The lowest BCUT2D eigenvalue weighted by Gasteiger charge is -2.29. The van der Waals surface area contributed by atoms with Crippen LogP contribution >= 0.6 is 15.9 Å². The van der Waals surface area contributed by atoms with Gasteiger partial charge in [-0.15, -0.1) is 0 Å². The molecule has 0 spiro atoms. The quantitative estimate of drug-likeness (QED) is 0.689. The van der Waals surface area contributed by atoms with Gasteiger partial charge < -0.3 is 0 Å². The minimum Gasteiger partial charge on any atom is -0.299 e. The predicted octanol–water partition coefficient (Wildman–Crippen LogP) is 2.85. The van der Waals surface area contributed by atoms with Crippen LogP contribution in [0.2, 0.25) is 0 Å². The summed E-state index contributed by atoms with van der Waals surface area (Å²) in [5.41, 5.74) is 1.32. The van der Waals surface area contributed by atoms with Gasteiger partial charge in [0.1, 0.15) is 0 Å². The fraction of sp³-hybridized carbons (Fsp3) is 0.769. The van der Waals surface area contributed by atoms with Crippen LogP contribution in [0.1, 0.15) is 32.4 Å². The van der Waals surface area contributed by atoms with E-state index in [0.29, 0.717) is 6.04 Å². The third-order valence-corrected chi connectivity index (χ3v) is 3.76. The van der Waals surface area contributed by atoms with Crippen LogP contribution in [0.3, 0.4) is 0 Å². The third-order valence-electron chi connectivity index (χ3n) is 3.41. The third kappa shape index (κ3) is 4.43. The molecule has 17 heavy (non-hydrogen) atoms. The molecule has 0 bridgehead atoms. The van der Waals surface area contributed by atoms with E-state index < -0.39 is 0 Å². The van der Waals surface area contributed by atoms with Crippen LogP contribution in [0.4, 0.5) is 0 Å². The molecule has 0 saturated carbocycles. The maximum absolute atomic E-state index is 4.21. The highest BCUT2D eigenvalue weighted by atomic mass is 79.9. The SMILES string of the molecule is CCC(CC)N(CCBr)CCc1ccnn1C. The number of nitrogens with zero attached hydrogens (tertiary/aromatic N) is 3. The average molecular weight is 302 g/mol. The molecule has 0 N–H and O–H groups in total. The Morgan fingerprint density at radius 3 is 2.53 bits per heavy atom. The van der Waals surface area contributed by atoms with Gasteiger partial charge in [0, 0.05) is 49.8 Å². The summed E-state index contributed by atoms with van der Waals surface area (Å²) in [7, 11) is 2.02. The molecule has 0 saturated heterocycles. The van der Waals surface area contributed by atoms with E-state index in [1.807, 2.05) is 17.9 Å². The number of alkyl halides is 1. The number of hydrogen-bond donors (Lipinski definition) is 0. The van der Waals surface area contributed by atoms with Gasteiger partial charge in [-0.25, -0.2) is 0 Å². The van der Waals surface area contributed by atoms with Crippen LogP contribution in [0, 0.1) is 0 Å². The van der Waals surface area contributed by atoms with Gasteiger partial charge >= 0.3 is 0 Å². The molecule has 0 aliphatic carbocycles. The smallest absolute Gasteiger partial charge is 0.0492 e. The summed E-state index contributed by atoms with van der Waals surface area (Å²) in [4.78, 5) is 2.59. The van der Waals surface area contributed by atoms with E-state index in [0.717, 1.165) is 24.8 Å². The van der Waals surface area contributed by atoms with Crippen molar-refractivity contribution in [1.29, 1.82) is 0 Å². The van der Waals surface area contributed by atoms with E-state index in [9.17, 15) is 0 Å². The van der Waals surface area contributed by atoms with Crippen molar-refractivity contribution in [3.63, 3.8) is 0 Å². The van der Waals surface area contributed by atoms with Crippen LogP contribution in [-0.4, -0.2) is 39.1 Å². The van der Waals surface area contributed by atoms with E-state index in [1.165, 1.54) is 18.5 Å². The van der Waals surface area contributed by atoms with Gasteiger partial charge in [0.25, 0.3) is 0 Å². The molecule has 4 heteroatoms. The number of rotatable bonds is 8. The Balaban J connectivity index is 2.52. The standard InChI is InChI=1S/C13H24BrN3/c1-4-12(5-2)17(11-8-14)10-7-13-6-9-15-16(13)3/h6,9,12H,4-5,7-8,10-11H2,1-3H3.